The molecule has 0 heterocycles. The van der Waals surface area contributed by atoms with Crippen LogP contribution in [0, 0.1) is 0 Å². The van der Waals surface area contributed by atoms with Crippen LogP contribution in [0.5, 0.6) is 0 Å². The molecule has 0 aromatic heterocycles. The van der Waals surface area contributed by atoms with Gasteiger partial charge in [0.25, 0.3) is 0 Å². The third-order valence-corrected chi connectivity index (χ3v) is 5.48. The molecule has 0 unspecified atom stereocenters. The van der Waals surface area contributed by atoms with E-state index in [9.17, 15) is 34.8 Å². The first kappa shape index (κ1) is 22.0. The molecule has 0 saturated carbocycles. The van der Waals surface area contributed by atoms with Crippen LogP contribution in [0.25, 0.3) is 0 Å². The maximum absolute atomic E-state index is 13.8. The Labute approximate surface area is 157 Å². The van der Waals surface area contributed by atoms with Gasteiger partial charge >= 0.3 is 12.4 Å². The van der Waals surface area contributed by atoms with Crippen molar-refractivity contribution in [3.63, 3.8) is 0 Å². The van der Waals surface area contributed by atoms with E-state index in [2.05, 4.69) is 0 Å². The van der Waals surface area contributed by atoms with E-state index >= 15 is 0 Å². The molecule has 0 spiro atoms. The second kappa shape index (κ2) is 7.28. The van der Waals surface area contributed by atoms with Crippen molar-refractivity contribution in [3.8, 4) is 0 Å². The lowest BCUT2D eigenvalue weighted by Gasteiger charge is -2.38. The van der Waals surface area contributed by atoms with Crippen LogP contribution < -0.4 is 9.62 Å². The highest BCUT2D eigenvalue weighted by atomic mass is 32.2. The molecule has 0 radical (unpaired) electrons. The molecule has 0 amide bonds. The van der Waals surface area contributed by atoms with Crippen molar-refractivity contribution in [2.24, 2.45) is 0 Å². The summed E-state index contributed by atoms with van der Waals surface area (Å²) in [5, 5.41) is 0. The number of halogens is 6. The molecule has 28 heavy (non-hydrogen) atoms. The largest absolute Gasteiger partial charge is 0.420 e. The highest BCUT2D eigenvalue weighted by Crippen LogP contribution is 2.51. The zero-order chi connectivity index (χ0) is 21.4. The Morgan fingerprint density at radius 1 is 0.786 bits per heavy atom. The maximum Gasteiger partial charge on any atom is 0.420 e. The minimum Gasteiger partial charge on any atom is -0.378 e. The van der Waals surface area contributed by atoms with Gasteiger partial charge < -0.3 is 4.90 Å². The summed E-state index contributed by atoms with van der Waals surface area (Å²) >= 11 is 0. The van der Waals surface area contributed by atoms with Crippen LogP contribution in [-0.4, -0.2) is 34.9 Å². The fraction of sp³-hybridized carbons (Fsp3) is 0.294. The van der Waals surface area contributed by atoms with Gasteiger partial charge in [0.15, 0.2) is 0 Å². The SMILES string of the molecule is CN(C)c1ccc(C(NS(=O)(=O)c2ccccc2)(C(F)(F)F)C(F)(F)F)cc1. The van der Waals surface area contributed by atoms with Crippen molar-refractivity contribution in [3.05, 3.63) is 60.2 Å². The van der Waals surface area contributed by atoms with Crippen LogP contribution >= 0.6 is 0 Å². The number of hydrogen-bond donors (Lipinski definition) is 1. The van der Waals surface area contributed by atoms with E-state index in [0.29, 0.717) is 17.8 Å². The molecule has 0 aliphatic rings. The summed E-state index contributed by atoms with van der Waals surface area (Å²) in [6.07, 6.45) is -12.0. The second-order valence-corrected chi connectivity index (χ2v) is 7.79. The predicted molar refractivity (Wildman–Crippen MR) is 91.3 cm³/mol. The average Bonchev–Trinajstić information content (AvgIpc) is 2.58. The summed E-state index contributed by atoms with van der Waals surface area (Å²) in [6, 6.07) is 8.82. The van der Waals surface area contributed by atoms with Crippen molar-refractivity contribution in [1.29, 1.82) is 0 Å². The molecule has 0 aliphatic carbocycles. The van der Waals surface area contributed by atoms with Crippen molar-refractivity contribution in [2.45, 2.75) is 22.8 Å². The lowest BCUT2D eigenvalue weighted by atomic mass is 9.89. The number of sulfonamides is 1. The molecule has 1 N–H and O–H groups in total. The van der Waals surface area contributed by atoms with Crippen LogP contribution in [0.3, 0.4) is 0 Å². The zero-order valence-corrected chi connectivity index (χ0v) is 15.5. The maximum atomic E-state index is 13.8. The fourth-order valence-electron chi connectivity index (χ4n) is 2.53. The van der Waals surface area contributed by atoms with Crippen LogP contribution in [-0.2, 0) is 15.6 Å². The quantitative estimate of drug-likeness (QED) is 0.734. The molecular weight excluding hydrogens is 410 g/mol. The summed E-state index contributed by atoms with van der Waals surface area (Å²) < 4.78 is 108. The average molecular weight is 426 g/mol. The van der Waals surface area contributed by atoms with Crippen molar-refractivity contribution < 1.29 is 34.8 Å². The molecule has 11 heteroatoms. The van der Waals surface area contributed by atoms with Gasteiger partial charge in [-0.1, -0.05) is 30.3 Å². The Morgan fingerprint density at radius 3 is 1.64 bits per heavy atom. The number of nitrogens with one attached hydrogen (secondary N) is 1. The summed E-state index contributed by atoms with van der Waals surface area (Å²) in [5.74, 6) is 0. The monoisotopic (exact) mass is 426 g/mol. The second-order valence-electron chi connectivity index (χ2n) is 6.11. The van der Waals surface area contributed by atoms with E-state index in [4.69, 9.17) is 0 Å². The molecule has 0 saturated heterocycles. The Bertz CT molecular complexity index is 893. The smallest absolute Gasteiger partial charge is 0.378 e. The number of rotatable bonds is 5. The van der Waals surface area contributed by atoms with E-state index in [0.717, 1.165) is 29.0 Å². The van der Waals surface area contributed by atoms with Gasteiger partial charge in [-0.3, -0.25) is 0 Å². The summed E-state index contributed by atoms with van der Waals surface area (Å²) in [6.45, 7) is 0. The van der Waals surface area contributed by atoms with E-state index in [1.165, 1.54) is 23.1 Å². The normalized spacial score (nSPS) is 13.4. The molecule has 2 rings (SSSR count). The van der Waals surface area contributed by atoms with Crippen molar-refractivity contribution >= 4 is 15.7 Å². The van der Waals surface area contributed by atoms with Crippen molar-refractivity contribution in [1.82, 2.24) is 4.72 Å². The van der Waals surface area contributed by atoms with Gasteiger partial charge in [-0.15, -0.1) is 0 Å². The minimum absolute atomic E-state index is 0.341. The Hall–Kier alpha value is -2.27. The Morgan fingerprint density at radius 2 is 1.25 bits per heavy atom. The summed E-state index contributed by atoms with van der Waals surface area (Å²) in [5.41, 5.74) is -5.77. The Balaban J connectivity index is 2.72. The minimum atomic E-state index is -6.01. The highest BCUT2D eigenvalue weighted by Gasteiger charge is 2.73. The first-order chi connectivity index (χ1) is 12.7. The van der Waals surface area contributed by atoms with Crippen molar-refractivity contribution in [2.75, 3.05) is 19.0 Å². The van der Waals surface area contributed by atoms with Gasteiger partial charge in [0.05, 0.1) is 4.90 Å². The van der Waals surface area contributed by atoms with Gasteiger partial charge in [-0.05, 0) is 29.8 Å². The highest BCUT2D eigenvalue weighted by molar-refractivity contribution is 7.89. The third kappa shape index (κ3) is 3.95. The number of anilines is 1. The molecule has 0 aliphatic heterocycles. The summed E-state index contributed by atoms with van der Waals surface area (Å²) in [7, 11) is -2.06. The third-order valence-electron chi connectivity index (χ3n) is 4.01. The lowest BCUT2D eigenvalue weighted by molar-refractivity contribution is -0.307. The van der Waals surface area contributed by atoms with Gasteiger partial charge in [-0.2, -0.15) is 31.1 Å². The predicted octanol–water partition coefficient (Wildman–Crippen LogP) is 4.05. The molecule has 2 aromatic carbocycles. The standard InChI is InChI=1S/C17H16F6N2O2S/c1-25(2)13-10-8-12(9-11-13)15(16(18,19)20,17(21,22)23)24-28(26,27)14-6-4-3-5-7-14/h3-11,24H,1-2H3. The van der Waals surface area contributed by atoms with E-state index in [-0.39, 0.29) is 0 Å². The molecule has 4 nitrogen and oxygen atoms in total. The van der Waals surface area contributed by atoms with Crippen LogP contribution in [0.2, 0.25) is 0 Å². The fourth-order valence-corrected chi connectivity index (χ4v) is 3.92. The number of hydrogen-bond acceptors (Lipinski definition) is 3. The van der Waals surface area contributed by atoms with Gasteiger partial charge in [0.2, 0.25) is 15.6 Å². The molecule has 2 aromatic rings. The molecule has 0 bridgehead atoms. The molecule has 0 fully saturated rings. The molecule has 0 atom stereocenters. The molecule has 154 valence electrons. The first-order valence-corrected chi connectivity index (χ1v) is 9.21. The number of nitrogens with zero attached hydrogens (tertiary/aromatic N) is 1. The topological polar surface area (TPSA) is 49.4 Å². The zero-order valence-electron chi connectivity index (χ0n) is 14.6. The van der Waals surface area contributed by atoms with Gasteiger partial charge in [-0.25, -0.2) is 8.42 Å². The van der Waals surface area contributed by atoms with E-state index in [1.54, 1.807) is 14.1 Å². The number of alkyl halides is 6. The lowest BCUT2D eigenvalue weighted by Crippen LogP contribution is -2.64. The Kier molecular flexibility index (Phi) is 5.73. The van der Waals surface area contributed by atoms with E-state index in [1.807, 2.05) is 0 Å². The van der Waals surface area contributed by atoms with Crippen LogP contribution in [0.15, 0.2) is 59.5 Å². The number of benzene rings is 2. The van der Waals surface area contributed by atoms with E-state index < -0.39 is 38.4 Å². The first-order valence-electron chi connectivity index (χ1n) is 7.73. The van der Waals surface area contributed by atoms with Gasteiger partial charge in [0.1, 0.15) is 0 Å². The van der Waals surface area contributed by atoms with Crippen LogP contribution in [0.1, 0.15) is 5.56 Å². The summed E-state index contributed by atoms with van der Waals surface area (Å²) in [4.78, 5) is 0.749. The molecular formula is C17H16F6N2O2S. The van der Waals surface area contributed by atoms with Crippen LogP contribution in [0.4, 0.5) is 32.0 Å². The van der Waals surface area contributed by atoms with Gasteiger partial charge in [0, 0.05) is 19.8 Å².